The van der Waals surface area contributed by atoms with Crippen LogP contribution < -0.4 is 11.1 Å². The number of amides is 2. The highest BCUT2D eigenvalue weighted by Gasteiger charge is 2.29. The van der Waals surface area contributed by atoms with Gasteiger partial charge in [0, 0.05) is 6.54 Å². The molecule has 1 saturated heterocycles. The molecule has 4 nitrogen and oxygen atoms in total. The fourth-order valence-electron chi connectivity index (χ4n) is 1.18. The molecule has 1 fully saturated rings. The Labute approximate surface area is 75.9 Å². The van der Waals surface area contributed by atoms with E-state index in [0.29, 0.717) is 0 Å². The molecule has 1 aliphatic rings. The van der Waals surface area contributed by atoms with Gasteiger partial charge in [-0.15, -0.1) is 0 Å². The van der Waals surface area contributed by atoms with Gasteiger partial charge >= 0.3 is 6.03 Å². The van der Waals surface area contributed by atoms with Crippen LogP contribution in [0.1, 0.15) is 12.8 Å². The van der Waals surface area contributed by atoms with Gasteiger partial charge in [-0.2, -0.15) is 11.8 Å². The maximum absolute atomic E-state index is 10.4. The van der Waals surface area contributed by atoms with E-state index in [1.54, 1.807) is 0 Å². The van der Waals surface area contributed by atoms with Gasteiger partial charge in [-0.05, 0) is 24.3 Å². The molecule has 0 radical (unpaired) electrons. The number of hydrogen-bond acceptors (Lipinski definition) is 3. The van der Waals surface area contributed by atoms with Crippen molar-refractivity contribution in [2.24, 2.45) is 5.73 Å². The van der Waals surface area contributed by atoms with E-state index in [1.807, 2.05) is 11.8 Å². The van der Waals surface area contributed by atoms with Crippen LogP contribution in [0.5, 0.6) is 0 Å². The van der Waals surface area contributed by atoms with E-state index >= 15 is 0 Å². The second-order valence-corrected chi connectivity index (χ2v) is 4.28. The lowest BCUT2D eigenvalue weighted by molar-refractivity contribution is 0.0349. The molecule has 1 rings (SSSR count). The van der Waals surface area contributed by atoms with Gasteiger partial charge in [-0.25, -0.2) is 4.79 Å². The predicted octanol–water partition coefficient (Wildman–Crippen LogP) is -0.0872. The molecule has 0 unspecified atom stereocenters. The van der Waals surface area contributed by atoms with Gasteiger partial charge in [0.1, 0.15) is 0 Å². The SMILES string of the molecule is NC(=O)NCC1(O)CCSCC1. The first-order valence-corrected chi connectivity index (χ1v) is 5.11. The van der Waals surface area contributed by atoms with Crippen LogP contribution in [0, 0.1) is 0 Å². The number of urea groups is 1. The molecule has 0 spiro atoms. The summed E-state index contributed by atoms with van der Waals surface area (Å²) in [5, 5.41) is 12.3. The zero-order valence-corrected chi connectivity index (χ0v) is 7.69. The third kappa shape index (κ3) is 2.91. The quantitative estimate of drug-likeness (QED) is 0.570. The summed E-state index contributed by atoms with van der Waals surface area (Å²) >= 11 is 1.83. The molecular weight excluding hydrogens is 176 g/mol. The zero-order chi connectivity index (χ0) is 9.03. The Bertz CT molecular complexity index is 169. The first-order valence-electron chi connectivity index (χ1n) is 3.96. The van der Waals surface area contributed by atoms with Crippen LogP contribution in [-0.4, -0.2) is 34.8 Å². The Kier molecular flexibility index (Phi) is 3.22. The second kappa shape index (κ2) is 4.00. The normalized spacial score (nSPS) is 21.8. The van der Waals surface area contributed by atoms with Crippen LogP contribution in [0.25, 0.3) is 0 Å². The van der Waals surface area contributed by atoms with Crippen molar-refractivity contribution < 1.29 is 9.90 Å². The monoisotopic (exact) mass is 190 g/mol. The highest BCUT2D eigenvalue weighted by atomic mass is 32.2. The molecule has 0 saturated carbocycles. The van der Waals surface area contributed by atoms with Gasteiger partial charge in [0.15, 0.2) is 0 Å². The molecule has 0 atom stereocenters. The molecule has 0 aromatic heterocycles. The van der Waals surface area contributed by atoms with Crippen LogP contribution in [0.3, 0.4) is 0 Å². The summed E-state index contributed by atoms with van der Waals surface area (Å²) < 4.78 is 0. The summed E-state index contributed by atoms with van der Waals surface area (Å²) in [5.74, 6) is 1.91. The van der Waals surface area contributed by atoms with Crippen LogP contribution >= 0.6 is 11.8 Å². The van der Waals surface area contributed by atoms with E-state index in [1.165, 1.54) is 0 Å². The van der Waals surface area contributed by atoms with Gasteiger partial charge in [0.05, 0.1) is 5.60 Å². The average Bonchev–Trinajstić information content (AvgIpc) is 2.03. The van der Waals surface area contributed by atoms with Crippen LogP contribution in [0.4, 0.5) is 4.79 Å². The number of rotatable bonds is 2. The molecule has 12 heavy (non-hydrogen) atoms. The minimum atomic E-state index is -0.722. The molecule has 1 heterocycles. The van der Waals surface area contributed by atoms with Crippen molar-refractivity contribution in [3.05, 3.63) is 0 Å². The number of thioether (sulfide) groups is 1. The summed E-state index contributed by atoms with van der Waals surface area (Å²) in [5.41, 5.74) is 4.18. The molecule has 0 aromatic rings. The van der Waals surface area contributed by atoms with E-state index in [2.05, 4.69) is 5.32 Å². The Balaban J connectivity index is 2.31. The number of aliphatic hydroxyl groups is 1. The topological polar surface area (TPSA) is 75.4 Å². The van der Waals surface area contributed by atoms with Gasteiger partial charge in [0.2, 0.25) is 0 Å². The minimum Gasteiger partial charge on any atom is -0.388 e. The molecule has 70 valence electrons. The maximum atomic E-state index is 10.4. The number of carbonyl (C=O) groups is 1. The lowest BCUT2D eigenvalue weighted by Gasteiger charge is -2.31. The third-order valence-electron chi connectivity index (χ3n) is 2.02. The third-order valence-corrected chi connectivity index (χ3v) is 3.00. The van der Waals surface area contributed by atoms with E-state index in [4.69, 9.17) is 5.73 Å². The number of nitrogens with two attached hydrogens (primary N) is 1. The molecule has 2 amide bonds. The first-order chi connectivity index (χ1) is 5.62. The molecule has 0 aliphatic carbocycles. The fourth-order valence-corrected chi connectivity index (χ4v) is 2.43. The summed E-state index contributed by atoms with van der Waals surface area (Å²) in [6.07, 6.45) is 1.47. The summed E-state index contributed by atoms with van der Waals surface area (Å²) in [6.45, 7) is 0.281. The van der Waals surface area contributed by atoms with Gasteiger partial charge < -0.3 is 16.2 Å². The van der Waals surface area contributed by atoms with Gasteiger partial charge in [0.25, 0.3) is 0 Å². The predicted molar refractivity (Wildman–Crippen MR) is 49.1 cm³/mol. The highest BCUT2D eigenvalue weighted by Crippen LogP contribution is 2.25. The van der Waals surface area contributed by atoms with Crippen molar-refractivity contribution in [1.29, 1.82) is 0 Å². The average molecular weight is 190 g/mol. The summed E-state index contributed by atoms with van der Waals surface area (Å²) in [6, 6.07) is -0.568. The Morgan fingerprint density at radius 3 is 2.67 bits per heavy atom. The van der Waals surface area contributed by atoms with Gasteiger partial charge in [-0.1, -0.05) is 0 Å². The lowest BCUT2D eigenvalue weighted by atomic mass is 9.97. The molecular formula is C7H14N2O2S. The molecule has 4 N–H and O–H groups in total. The molecule has 0 aromatic carbocycles. The van der Waals surface area contributed by atoms with Crippen molar-refractivity contribution in [3.8, 4) is 0 Å². The second-order valence-electron chi connectivity index (χ2n) is 3.05. The van der Waals surface area contributed by atoms with Crippen molar-refractivity contribution in [2.45, 2.75) is 18.4 Å². The number of carbonyl (C=O) groups excluding carboxylic acids is 1. The number of nitrogens with one attached hydrogen (secondary N) is 1. The van der Waals surface area contributed by atoms with Crippen LogP contribution in [-0.2, 0) is 0 Å². The van der Waals surface area contributed by atoms with Crippen LogP contribution in [0.2, 0.25) is 0 Å². The van der Waals surface area contributed by atoms with Crippen molar-refractivity contribution in [2.75, 3.05) is 18.1 Å². The molecule has 0 bridgehead atoms. The number of hydrogen-bond donors (Lipinski definition) is 3. The molecule has 1 aliphatic heterocycles. The Morgan fingerprint density at radius 2 is 2.17 bits per heavy atom. The zero-order valence-electron chi connectivity index (χ0n) is 6.88. The minimum absolute atomic E-state index is 0.281. The van der Waals surface area contributed by atoms with E-state index < -0.39 is 11.6 Å². The number of primary amides is 1. The van der Waals surface area contributed by atoms with Crippen LogP contribution in [0.15, 0.2) is 0 Å². The largest absolute Gasteiger partial charge is 0.388 e. The standard InChI is InChI=1S/C7H14N2O2S/c8-6(10)9-5-7(11)1-3-12-4-2-7/h11H,1-5H2,(H3,8,9,10). The Hall–Kier alpha value is -0.420. The van der Waals surface area contributed by atoms with Crippen molar-refractivity contribution >= 4 is 17.8 Å². The maximum Gasteiger partial charge on any atom is 0.312 e. The summed E-state index contributed by atoms with van der Waals surface area (Å²) in [7, 11) is 0. The molecule has 5 heteroatoms. The fraction of sp³-hybridized carbons (Fsp3) is 0.857. The van der Waals surface area contributed by atoms with E-state index in [-0.39, 0.29) is 6.54 Å². The summed E-state index contributed by atoms with van der Waals surface area (Å²) in [4.78, 5) is 10.4. The highest BCUT2D eigenvalue weighted by molar-refractivity contribution is 7.99. The lowest BCUT2D eigenvalue weighted by Crippen LogP contribution is -2.46. The Morgan fingerprint density at radius 1 is 1.58 bits per heavy atom. The van der Waals surface area contributed by atoms with Crippen molar-refractivity contribution in [1.82, 2.24) is 5.32 Å². The first kappa shape index (κ1) is 9.67. The van der Waals surface area contributed by atoms with E-state index in [0.717, 1.165) is 24.3 Å². The smallest absolute Gasteiger partial charge is 0.312 e. The van der Waals surface area contributed by atoms with E-state index in [9.17, 15) is 9.90 Å². The van der Waals surface area contributed by atoms with Crippen molar-refractivity contribution in [3.63, 3.8) is 0 Å². The van der Waals surface area contributed by atoms with Gasteiger partial charge in [-0.3, -0.25) is 0 Å².